The molecular weight excluding hydrogens is 421 g/mol. The Labute approximate surface area is 177 Å². The summed E-state index contributed by atoms with van der Waals surface area (Å²) < 4.78 is 15.6. The Balaban J connectivity index is 1.96. The molecule has 0 atom stereocenters. The predicted octanol–water partition coefficient (Wildman–Crippen LogP) is 2.90. The third-order valence-electron chi connectivity index (χ3n) is 3.69. The van der Waals surface area contributed by atoms with E-state index in [-0.39, 0.29) is 12.1 Å². The van der Waals surface area contributed by atoms with E-state index in [0.717, 1.165) is 0 Å². The van der Waals surface area contributed by atoms with Gasteiger partial charge in [0.05, 0.1) is 39.1 Å². The van der Waals surface area contributed by atoms with Crippen LogP contribution in [0.1, 0.15) is 15.9 Å². The summed E-state index contributed by atoms with van der Waals surface area (Å²) in [6.45, 7) is -0.290. The monoisotopic (exact) mass is 439 g/mol. The molecule has 2 N–H and O–H groups in total. The molecule has 10 heteroatoms. The lowest BCUT2D eigenvalue weighted by Crippen LogP contribution is -2.35. The second-order valence-electron chi connectivity index (χ2n) is 5.56. The van der Waals surface area contributed by atoms with Crippen LogP contribution in [-0.4, -0.2) is 45.9 Å². The molecule has 0 aliphatic carbocycles. The van der Waals surface area contributed by atoms with Gasteiger partial charge in [0.25, 0.3) is 11.8 Å². The molecule has 0 saturated carbocycles. The lowest BCUT2D eigenvalue weighted by molar-refractivity contribution is -0.120. The van der Waals surface area contributed by atoms with Gasteiger partial charge in [-0.1, -0.05) is 29.3 Å². The van der Waals surface area contributed by atoms with Crippen molar-refractivity contribution in [2.75, 3.05) is 27.9 Å². The van der Waals surface area contributed by atoms with Crippen LogP contribution in [0, 0.1) is 0 Å². The number of rotatable bonds is 8. The van der Waals surface area contributed by atoms with Gasteiger partial charge in [0.2, 0.25) is 5.75 Å². The van der Waals surface area contributed by atoms with Crippen molar-refractivity contribution >= 4 is 41.2 Å². The number of carbonyl (C=O) groups excluding carboxylic acids is 2. The number of hydrogen-bond donors (Lipinski definition) is 2. The third-order valence-corrected chi connectivity index (χ3v) is 4.25. The molecule has 2 rings (SSSR count). The van der Waals surface area contributed by atoms with Gasteiger partial charge in [0.1, 0.15) is 0 Å². The molecule has 0 unspecified atom stereocenters. The van der Waals surface area contributed by atoms with Crippen LogP contribution in [0.4, 0.5) is 0 Å². The molecule has 0 aliphatic rings. The molecule has 2 aromatic rings. The zero-order valence-electron chi connectivity index (χ0n) is 15.9. The Morgan fingerprint density at radius 2 is 1.69 bits per heavy atom. The second kappa shape index (κ2) is 10.5. The van der Waals surface area contributed by atoms with Gasteiger partial charge in [-0.2, -0.15) is 5.10 Å². The van der Waals surface area contributed by atoms with Gasteiger partial charge < -0.3 is 19.5 Å². The Bertz CT molecular complexity index is 909. The minimum Gasteiger partial charge on any atom is -0.493 e. The zero-order valence-corrected chi connectivity index (χ0v) is 17.4. The summed E-state index contributed by atoms with van der Waals surface area (Å²) in [5.41, 5.74) is 3.12. The Kier molecular flexibility index (Phi) is 8.11. The molecule has 2 amide bonds. The van der Waals surface area contributed by atoms with Crippen molar-refractivity contribution in [1.29, 1.82) is 0 Å². The maximum atomic E-state index is 12.3. The van der Waals surface area contributed by atoms with Crippen LogP contribution in [0.25, 0.3) is 0 Å². The molecule has 0 spiro atoms. The van der Waals surface area contributed by atoms with E-state index in [1.54, 1.807) is 18.2 Å². The Morgan fingerprint density at radius 1 is 1.03 bits per heavy atom. The Morgan fingerprint density at radius 3 is 2.24 bits per heavy atom. The number of amides is 2. The zero-order chi connectivity index (χ0) is 21.4. The lowest BCUT2D eigenvalue weighted by Gasteiger charge is -2.14. The summed E-state index contributed by atoms with van der Waals surface area (Å²) in [4.78, 5) is 24.2. The van der Waals surface area contributed by atoms with Gasteiger partial charge in [-0.15, -0.1) is 0 Å². The molecule has 0 fully saturated rings. The van der Waals surface area contributed by atoms with Gasteiger partial charge in [0.15, 0.2) is 11.5 Å². The molecule has 8 nitrogen and oxygen atoms in total. The molecule has 0 heterocycles. The molecule has 0 aliphatic heterocycles. The van der Waals surface area contributed by atoms with Crippen LogP contribution in [0.15, 0.2) is 35.4 Å². The van der Waals surface area contributed by atoms with Crippen LogP contribution in [0.3, 0.4) is 0 Å². The topological polar surface area (TPSA) is 98.2 Å². The number of nitrogens with zero attached hydrogens (tertiary/aromatic N) is 1. The smallest absolute Gasteiger partial charge is 0.259 e. The molecule has 0 radical (unpaired) electrons. The SMILES string of the molecule is COc1cc(C(=O)NCC(=O)N/N=C/c2ccc(Cl)cc2Cl)cc(OC)c1OC. The van der Waals surface area contributed by atoms with Crippen LogP contribution in [0.2, 0.25) is 10.0 Å². The lowest BCUT2D eigenvalue weighted by atomic mass is 10.1. The molecule has 154 valence electrons. The van der Waals surface area contributed by atoms with Crippen LogP contribution in [-0.2, 0) is 4.79 Å². The quantitative estimate of drug-likeness (QED) is 0.486. The standard InChI is InChI=1S/C19H19Cl2N3O5/c1-27-15-6-12(7-16(28-2)18(15)29-3)19(26)22-10-17(25)24-23-9-11-4-5-13(20)8-14(11)21/h4-9H,10H2,1-3H3,(H,22,26)(H,24,25)/b23-9+. The van der Waals surface area contributed by atoms with Crippen molar-refractivity contribution in [1.82, 2.24) is 10.7 Å². The van der Waals surface area contributed by atoms with Gasteiger partial charge in [-0.05, 0) is 24.3 Å². The van der Waals surface area contributed by atoms with E-state index in [0.29, 0.717) is 32.9 Å². The van der Waals surface area contributed by atoms with Crippen LogP contribution >= 0.6 is 23.2 Å². The third kappa shape index (κ3) is 6.00. The number of ether oxygens (including phenoxy) is 3. The van der Waals surface area contributed by atoms with Gasteiger partial charge >= 0.3 is 0 Å². The average Bonchev–Trinajstić information content (AvgIpc) is 2.72. The highest BCUT2D eigenvalue weighted by Crippen LogP contribution is 2.38. The molecule has 0 bridgehead atoms. The summed E-state index contributed by atoms with van der Waals surface area (Å²) in [7, 11) is 4.34. The fourth-order valence-electron chi connectivity index (χ4n) is 2.29. The fourth-order valence-corrected chi connectivity index (χ4v) is 2.75. The van der Waals surface area contributed by atoms with Gasteiger partial charge in [-0.25, -0.2) is 5.43 Å². The molecule has 0 saturated heterocycles. The van der Waals surface area contributed by atoms with Crippen LogP contribution in [0.5, 0.6) is 17.2 Å². The number of methoxy groups -OCH3 is 3. The van der Waals surface area contributed by atoms with Crippen molar-refractivity contribution in [3.63, 3.8) is 0 Å². The van der Waals surface area contributed by atoms with Crippen molar-refractivity contribution in [2.24, 2.45) is 5.10 Å². The summed E-state index contributed by atoms with van der Waals surface area (Å²) in [5, 5.41) is 7.17. The minimum atomic E-state index is -0.521. The van der Waals surface area contributed by atoms with Gasteiger partial charge in [-0.3, -0.25) is 9.59 Å². The van der Waals surface area contributed by atoms with Gasteiger partial charge in [0, 0.05) is 16.1 Å². The molecule has 0 aromatic heterocycles. The first-order valence-corrected chi connectivity index (χ1v) is 9.00. The van der Waals surface area contributed by atoms with E-state index >= 15 is 0 Å². The predicted molar refractivity (Wildman–Crippen MR) is 111 cm³/mol. The first-order chi connectivity index (χ1) is 13.9. The van der Waals surface area contributed by atoms with E-state index in [4.69, 9.17) is 37.4 Å². The second-order valence-corrected chi connectivity index (χ2v) is 6.40. The normalized spacial score (nSPS) is 10.5. The highest BCUT2D eigenvalue weighted by atomic mass is 35.5. The highest BCUT2D eigenvalue weighted by molar-refractivity contribution is 6.36. The Hall–Kier alpha value is -2.97. The van der Waals surface area contributed by atoms with Crippen molar-refractivity contribution in [3.8, 4) is 17.2 Å². The van der Waals surface area contributed by atoms with E-state index in [2.05, 4.69) is 15.8 Å². The van der Waals surface area contributed by atoms with Crippen molar-refractivity contribution in [3.05, 3.63) is 51.5 Å². The van der Waals surface area contributed by atoms with E-state index in [9.17, 15) is 9.59 Å². The van der Waals surface area contributed by atoms with E-state index < -0.39 is 11.8 Å². The number of hydrazone groups is 1. The molecule has 2 aromatic carbocycles. The maximum Gasteiger partial charge on any atom is 0.259 e. The molecular formula is C19H19Cl2N3O5. The fraction of sp³-hybridized carbons (Fsp3) is 0.211. The van der Waals surface area contributed by atoms with E-state index in [1.165, 1.54) is 39.7 Å². The number of nitrogens with one attached hydrogen (secondary N) is 2. The summed E-state index contributed by atoms with van der Waals surface area (Å²) in [6, 6.07) is 7.83. The highest BCUT2D eigenvalue weighted by Gasteiger charge is 2.17. The van der Waals surface area contributed by atoms with Crippen molar-refractivity contribution < 1.29 is 23.8 Å². The molecule has 29 heavy (non-hydrogen) atoms. The average molecular weight is 440 g/mol. The first-order valence-electron chi connectivity index (χ1n) is 8.24. The number of hydrogen-bond acceptors (Lipinski definition) is 6. The largest absolute Gasteiger partial charge is 0.493 e. The number of halogens is 2. The minimum absolute atomic E-state index is 0.240. The summed E-state index contributed by atoms with van der Waals surface area (Å²) in [5.74, 6) is -0.00691. The first kappa shape index (κ1) is 22.3. The maximum absolute atomic E-state index is 12.3. The summed E-state index contributed by atoms with van der Waals surface area (Å²) in [6.07, 6.45) is 1.37. The number of carbonyl (C=O) groups is 2. The van der Waals surface area contributed by atoms with E-state index in [1.807, 2.05) is 0 Å². The van der Waals surface area contributed by atoms with Crippen LogP contribution < -0.4 is 25.0 Å². The summed E-state index contributed by atoms with van der Waals surface area (Å²) >= 11 is 11.8. The van der Waals surface area contributed by atoms with Crippen molar-refractivity contribution in [2.45, 2.75) is 0 Å². The number of benzene rings is 2.